The first kappa shape index (κ1) is 19.6. The minimum absolute atomic E-state index is 0.115. The molecule has 0 aliphatic rings. The number of hydrogen-bond donors (Lipinski definition) is 0. The quantitative estimate of drug-likeness (QED) is 0.656. The summed E-state index contributed by atoms with van der Waals surface area (Å²) in [5.41, 5.74) is 0. The molecule has 0 radical (unpaired) electrons. The van der Waals surface area contributed by atoms with Crippen molar-refractivity contribution in [2.45, 2.75) is 44.2 Å². The zero-order valence-corrected chi connectivity index (χ0v) is 8.93. The van der Waals surface area contributed by atoms with Crippen LogP contribution in [0.5, 0.6) is 0 Å². The van der Waals surface area contributed by atoms with Crippen LogP contribution in [0, 0.1) is 0 Å². The molecule has 1 atom stereocenters. The molecule has 0 N–H and O–H groups in total. The number of rotatable bonds is 5. The normalized spacial score (nSPS) is 14.5. The van der Waals surface area contributed by atoms with Crippen molar-refractivity contribution < 1.29 is 43.9 Å². The minimum atomic E-state index is -4.16. The number of halogens is 10. The van der Waals surface area contributed by atoms with Gasteiger partial charge < -0.3 is 0 Å². The number of alkyl halides is 10. The molecule has 0 aromatic carbocycles. The van der Waals surface area contributed by atoms with Crippen molar-refractivity contribution in [3.05, 3.63) is 0 Å². The van der Waals surface area contributed by atoms with Gasteiger partial charge in [0.2, 0.25) is 6.17 Å². The summed E-state index contributed by atoms with van der Waals surface area (Å²) in [7, 11) is 0. The second kappa shape index (κ2) is 7.67. The van der Waals surface area contributed by atoms with Gasteiger partial charge in [-0.3, -0.25) is 4.39 Å². The third-order valence-corrected chi connectivity index (χ3v) is 1.45. The molecule has 0 aromatic heterocycles. The Balaban J connectivity index is 0. The fourth-order valence-corrected chi connectivity index (χ4v) is 0.456. The van der Waals surface area contributed by atoms with Gasteiger partial charge in [-0.15, -0.1) is 0 Å². The van der Waals surface area contributed by atoms with Crippen LogP contribution in [-0.2, 0) is 0 Å². The number of hydrogen-bond acceptors (Lipinski definition) is 0. The summed E-state index contributed by atoms with van der Waals surface area (Å²) in [5, 5.41) is 0. The van der Waals surface area contributed by atoms with Crippen LogP contribution in [0.25, 0.3) is 0 Å². The van der Waals surface area contributed by atoms with E-state index in [0.29, 0.717) is 0 Å². The third kappa shape index (κ3) is 8.40. The van der Waals surface area contributed by atoms with E-state index in [1.165, 1.54) is 0 Å². The molecule has 10 heteroatoms. The summed E-state index contributed by atoms with van der Waals surface area (Å²) in [6, 6.07) is 0. The van der Waals surface area contributed by atoms with Gasteiger partial charge in [0.15, 0.2) is 0 Å². The zero-order valence-electron chi connectivity index (χ0n) is 8.93. The van der Waals surface area contributed by atoms with Gasteiger partial charge in [-0.05, 0) is 0 Å². The molecule has 0 spiro atoms. The second-order valence-corrected chi connectivity index (χ2v) is 3.19. The summed E-state index contributed by atoms with van der Waals surface area (Å²) in [5.74, 6) is -8.09. The monoisotopic (exact) mass is 296 g/mol. The Morgan fingerprint density at radius 3 is 1.33 bits per heavy atom. The molecule has 0 nitrogen and oxygen atoms in total. The maximum Gasteiger partial charge on any atom is 0.310 e. The zero-order chi connectivity index (χ0) is 15.1. The fraction of sp³-hybridized carbons (Fsp3) is 1.00. The van der Waals surface area contributed by atoms with E-state index in [0.717, 1.165) is 0 Å². The molecule has 0 heterocycles. The molecule has 112 valence electrons. The van der Waals surface area contributed by atoms with E-state index in [2.05, 4.69) is 0 Å². The Hall–Kier alpha value is -0.700. The Morgan fingerprint density at radius 2 is 1.28 bits per heavy atom. The van der Waals surface area contributed by atoms with Gasteiger partial charge in [-0.25, -0.2) is 39.5 Å². The molecular weight excluding hydrogens is 286 g/mol. The van der Waals surface area contributed by atoms with Crippen LogP contribution in [0.3, 0.4) is 0 Å². The molecule has 0 fully saturated rings. The average Bonchev–Trinajstić information content (AvgIpc) is 2.15. The second-order valence-electron chi connectivity index (χ2n) is 3.19. The van der Waals surface area contributed by atoms with Crippen LogP contribution >= 0.6 is 0 Å². The maximum absolute atomic E-state index is 11.6. The molecule has 0 bridgehead atoms. The highest BCUT2D eigenvalue weighted by molar-refractivity contribution is 4.72. The van der Waals surface area contributed by atoms with Crippen molar-refractivity contribution in [1.29, 1.82) is 0 Å². The van der Waals surface area contributed by atoms with Gasteiger partial charge in [0.1, 0.15) is 0 Å². The topological polar surface area (TPSA) is 0 Å². The van der Waals surface area contributed by atoms with Gasteiger partial charge in [0.25, 0.3) is 12.3 Å². The highest BCUT2D eigenvalue weighted by Crippen LogP contribution is 2.26. The molecule has 0 amide bonds. The van der Waals surface area contributed by atoms with Crippen molar-refractivity contribution >= 4 is 0 Å². The Labute approximate surface area is 96.0 Å². The summed E-state index contributed by atoms with van der Waals surface area (Å²) >= 11 is 0. The summed E-state index contributed by atoms with van der Waals surface area (Å²) in [4.78, 5) is 0. The fourth-order valence-electron chi connectivity index (χ4n) is 0.456. The van der Waals surface area contributed by atoms with Crippen LogP contribution in [0.2, 0.25) is 0 Å². The lowest BCUT2D eigenvalue weighted by molar-refractivity contribution is -0.134. The lowest BCUT2D eigenvalue weighted by Crippen LogP contribution is -2.32. The van der Waals surface area contributed by atoms with E-state index in [1.54, 1.807) is 0 Å². The first-order chi connectivity index (χ1) is 7.86. The first-order valence-corrected chi connectivity index (χ1v) is 4.38. The van der Waals surface area contributed by atoms with E-state index in [9.17, 15) is 43.9 Å². The molecule has 0 aromatic rings. The summed E-state index contributed by atoms with van der Waals surface area (Å²) in [6.45, 7) is -1.30. The highest BCUT2D eigenvalue weighted by Gasteiger charge is 2.41. The molecule has 0 aliphatic carbocycles. The predicted molar refractivity (Wildman–Crippen MR) is 43.1 cm³/mol. The van der Waals surface area contributed by atoms with Crippen molar-refractivity contribution in [2.75, 3.05) is 6.67 Å². The van der Waals surface area contributed by atoms with Crippen LogP contribution in [0.1, 0.15) is 13.3 Å². The van der Waals surface area contributed by atoms with Crippen molar-refractivity contribution in [3.63, 3.8) is 0 Å². The Bertz CT molecular complexity index is 208. The van der Waals surface area contributed by atoms with E-state index in [-0.39, 0.29) is 6.92 Å². The van der Waals surface area contributed by atoms with Gasteiger partial charge in [-0.1, -0.05) is 0 Å². The minimum Gasteiger partial charge on any atom is -0.251 e. The summed E-state index contributed by atoms with van der Waals surface area (Å²) in [6.07, 6.45) is -12.1. The van der Waals surface area contributed by atoms with E-state index in [4.69, 9.17) is 0 Å². The van der Waals surface area contributed by atoms with Crippen LogP contribution in [0.4, 0.5) is 43.9 Å². The highest BCUT2D eigenvalue weighted by atomic mass is 19.3. The molecule has 1 unspecified atom stereocenters. The molecule has 0 aliphatic heterocycles. The standard InChI is InChI=1S/2C4H5F5/c1-4(8,9)2(5)3(6)7;5-2-1-4(8,9)3(6)7/h2-3H,1H3;3H,1-2H2. The molecular formula is C8H10F10. The van der Waals surface area contributed by atoms with Gasteiger partial charge >= 0.3 is 12.3 Å². The molecule has 0 saturated heterocycles. The molecule has 0 saturated carbocycles. The predicted octanol–water partition coefficient (Wildman–Crippen LogP) is 4.49. The van der Waals surface area contributed by atoms with E-state index in [1.807, 2.05) is 0 Å². The van der Waals surface area contributed by atoms with Gasteiger partial charge in [0.05, 0.1) is 6.67 Å². The smallest absolute Gasteiger partial charge is 0.251 e. The largest absolute Gasteiger partial charge is 0.310 e. The van der Waals surface area contributed by atoms with Crippen molar-refractivity contribution in [1.82, 2.24) is 0 Å². The van der Waals surface area contributed by atoms with Crippen LogP contribution in [-0.4, -0.2) is 37.5 Å². The maximum atomic E-state index is 11.6. The molecule has 0 rings (SSSR count). The van der Waals surface area contributed by atoms with E-state index >= 15 is 0 Å². The lowest BCUT2D eigenvalue weighted by Gasteiger charge is -2.13. The van der Waals surface area contributed by atoms with Crippen LogP contribution in [0.15, 0.2) is 0 Å². The van der Waals surface area contributed by atoms with E-state index < -0.39 is 44.0 Å². The van der Waals surface area contributed by atoms with Crippen molar-refractivity contribution in [2.24, 2.45) is 0 Å². The lowest BCUT2D eigenvalue weighted by atomic mass is 10.2. The van der Waals surface area contributed by atoms with Gasteiger partial charge in [-0.2, -0.15) is 0 Å². The Morgan fingerprint density at radius 1 is 0.889 bits per heavy atom. The first-order valence-electron chi connectivity index (χ1n) is 4.38. The summed E-state index contributed by atoms with van der Waals surface area (Å²) < 4.78 is 113. The van der Waals surface area contributed by atoms with Crippen molar-refractivity contribution in [3.8, 4) is 0 Å². The molecule has 18 heavy (non-hydrogen) atoms. The van der Waals surface area contributed by atoms with Crippen LogP contribution < -0.4 is 0 Å². The van der Waals surface area contributed by atoms with Gasteiger partial charge in [0, 0.05) is 13.3 Å². The SMILES string of the molecule is CC(F)(F)C(F)C(F)F.FCCC(F)(F)C(F)F. The Kier molecular flexibility index (Phi) is 8.37. The third-order valence-electron chi connectivity index (χ3n) is 1.45. The average molecular weight is 296 g/mol.